The molecular weight excluding hydrogens is 198 g/mol. The average Bonchev–Trinajstić information content (AvgIpc) is 2.68. The third kappa shape index (κ3) is 0.954. The van der Waals surface area contributed by atoms with Gasteiger partial charge < -0.3 is 9.67 Å². The zero-order valence-corrected chi connectivity index (χ0v) is 8.33. The summed E-state index contributed by atoms with van der Waals surface area (Å²) in [7, 11) is 0. The lowest BCUT2D eigenvalue weighted by atomic mass is 10.2. The second kappa shape index (κ2) is 2.75. The molecule has 0 saturated heterocycles. The first-order valence-electron chi connectivity index (χ1n) is 4.73. The number of hydrogen-bond donors (Lipinski definition) is 1. The number of rotatable bonds is 0. The molecule has 1 N–H and O–H groups in total. The number of benzene rings is 1. The SMILES string of the molecule is OC1CCn2c1cc1cccc(Cl)c12. The molecule has 72 valence electrons. The van der Waals surface area contributed by atoms with E-state index < -0.39 is 0 Å². The van der Waals surface area contributed by atoms with E-state index in [2.05, 4.69) is 4.57 Å². The van der Waals surface area contributed by atoms with Gasteiger partial charge >= 0.3 is 0 Å². The number of nitrogens with zero attached hydrogens (tertiary/aromatic N) is 1. The van der Waals surface area contributed by atoms with Gasteiger partial charge in [0.15, 0.2) is 0 Å². The first kappa shape index (κ1) is 8.33. The van der Waals surface area contributed by atoms with Crippen molar-refractivity contribution in [2.24, 2.45) is 0 Å². The lowest BCUT2D eigenvalue weighted by Gasteiger charge is -2.01. The van der Waals surface area contributed by atoms with Crippen LogP contribution in [0.1, 0.15) is 18.2 Å². The van der Waals surface area contributed by atoms with E-state index in [-0.39, 0.29) is 6.10 Å². The molecule has 1 aromatic carbocycles. The Morgan fingerprint density at radius 3 is 3.14 bits per heavy atom. The van der Waals surface area contributed by atoms with E-state index in [1.54, 1.807) is 0 Å². The van der Waals surface area contributed by atoms with Crippen LogP contribution in [-0.2, 0) is 6.54 Å². The Bertz CT molecular complexity index is 503. The van der Waals surface area contributed by atoms with E-state index in [0.717, 1.165) is 34.6 Å². The number of aliphatic hydroxyl groups is 1. The first-order chi connectivity index (χ1) is 6.77. The molecule has 1 aliphatic heterocycles. The van der Waals surface area contributed by atoms with Gasteiger partial charge in [0.2, 0.25) is 0 Å². The largest absolute Gasteiger partial charge is 0.387 e. The van der Waals surface area contributed by atoms with Crippen molar-refractivity contribution in [2.45, 2.75) is 19.1 Å². The summed E-state index contributed by atoms with van der Waals surface area (Å²) >= 11 is 6.13. The Kier molecular flexibility index (Phi) is 1.64. The monoisotopic (exact) mass is 207 g/mol. The predicted molar refractivity (Wildman–Crippen MR) is 56.5 cm³/mol. The van der Waals surface area contributed by atoms with E-state index in [1.807, 2.05) is 24.3 Å². The molecule has 0 saturated carbocycles. The highest BCUT2D eigenvalue weighted by atomic mass is 35.5. The van der Waals surface area contributed by atoms with Crippen molar-refractivity contribution in [1.82, 2.24) is 4.57 Å². The van der Waals surface area contributed by atoms with Crippen molar-refractivity contribution >= 4 is 22.5 Å². The molecule has 0 aliphatic carbocycles. The second-order valence-corrected chi connectivity index (χ2v) is 4.11. The zero-order valence-electron chi connectivity index (χ0n) is 7.57. The van der Waals surface area contributed by atoms with Crippen LogP contribution in [0.4, 0.5) is 0 Å². The fraction of sp³-hybridized carbons (Fsp3) is 0.273. The van der Waals surface area contributed by atoms with Crippen LogP contribution in [0.15, 0.2) is 24.3 Å². The third-order valence-electron chi connectivity index (χ3n) is 2.87. The molecule has 14 heavy (non-hydrogen) atoms. The van der Waals surface area contributed by atoms with Gasteiger partial charge in [-0.05, 0) is 18.6 Å². The molecule has 0 bridgehead atoms. The normalized spacial score (nSPS) is 20.3. The number of fused-ring (bicyclic) bond motifs is 3. The minimum atomic E-state index is -0.321. The van der Waals surface area contributed by atoms with Gasteiger partial charge in [0.25, 0.3) is 0 Å². The highest BCUT2D eigenvalue weighted by Gasteiger charge is 2.23. The van der Waals surface area contributed by atoms with Crippen LogP contribution < -0.4 is 0 Å². The molecule has 0 amide bonds. The summed E-state index contributed by atoms with van der Waals surface area (Å²) in [6.07, 6.45) is 0.481. The quantitative estimate of drug-likeness (QED) is 0.706. The van der Waals surface area contributed by atoms with Crippen LogP contribution in [0.25, 0.3) is 10.9 Å². The van der Waals surface area contributed by atoms with Crippen LogP contribution in [0.3, 0.4) is 0 Å². The van der Waals surface area contributed by atoms with Gasteiger partial charge in [-0.15, -0.1) is 0 Å². The number of aromatic nitrogens is 1. The van der Waals surface area contributed by atoms with Crippen LogP contribution in [-0.4, -0.2) is 9.67 Å². The predicted octanol–water partition coefficient (Wildman–Crippen LogP) is 2.73. The minimum absolute atomic E-state index is 0.321. The number of hydrogen-bond acceptors (Lipinski definition) is 1. The molecular formula is C11H10ClNO. The van der Waals surface area contributed by atoms with Crippen LogP contribution in [0.5, 0.6) is 0 Å². The van der Waals surface area contributed by atoms with Gasteiger partial charge in [-0.25, -0.2) is 0 Å². The summed E-state index contributed by atoms with van der Waals surface area (Å²) in [5.74, 6) is 0. The van der Waals surface area contributed by atoms with Crippen molar-refractivity contribution in [2.75, 3.05) is 0 Å². The van der Waals surface area contributed by atoms with Gasteiger partial charge in [-0.2, -0.15) is 0 Å². The Morgan fingerprint density at radius 1 is 1.43 bits per heavy atom. The lowest BCUT2D eigenvalue weighted by molar-refractivity contribution is 0.180. The number of aryl methyl sites for hydroxylation is 1. The Hall–Kier alpha value is -0.990. The summed E-state index contributed by atoms with van der Waals surface area (Å²) in [5.41, 5.74) is 2.05. The number of halogens is 1. The topological polar surface area (TPSA) is 25.2 Å². The fourth-order valence-corrected chi connectivity index (χ4v) is 2.50. The molecule has 0 spiro atoms. The van der Waals surface area contributed by atoms with E-state index in [9.17, 15) is 5.11 Å². The van der Waals surface area contributed by atoms with Crippen LogP contribution >= 0.6 is 11.6 Å². The molecule has 3 rings (SSSR count). The molecule has 2 nitrogen and oxygen atoms in total. The fourth-order valence-electron chi connectivity index (χ4n) is 2.22. The standard InChI is InChI=1S/C11H10ClNO/c12-8-3-1-2-7-6-9-10(14)4-5-13(9)11(7)8/h1-3,6,10,14H,4-5H2. The van der Waals surface area contributed by atoms with E-state index in [4.69, 9.17) is 11.6 Å². The minimum Gasteiger partial charge on any atom is -0.387 e. The lowest BCUT2D eigenvalue weighted by Crippen LogP contribution is -1.92. The molecule has 3 heteroatoms. The first-order valence-corrected chi connectivity index (χ1v) is 5.11. The van der Waals surface area contributed by atoms with E-state index in [0.29, 0.717) is 0 Å². The maximum Gasteiger partial charge on any atom is 0.0957 e. The summed E-state index contributed by atoms with van der Waals surface area (Å²) in [4.78, 5) is 0. The summed E-state index contributed by atoms with van der Waals surface area (Å²) in [6, 6.07) is 7.88. The molecule has 1 unspecified atom stereocenters. The van der Waals surface area contributed by atoms with Crippen molar-refractivity contribution < 1.29 is 5.11 Å². The molecule has 1 aliphatic rings. The molecule has 1 aromatic heterocycles. The number of para-hydroxylation sites is 1. The van der Waals surface area contributed by atoms with Crippen molar-refractivity contribution in [3.05, 3.63) is 35.0 Å². The van der Waals surface area contributed by atoms with Gasteiger partial charge in [0.1, 0.15) is 0 Å². The summed E-state index contributed by atoms with van der Waals surface area (Å²) in [6.45, 7) is 0.865. The Morgan fingerprint density at radius 2 is 2.29 bits per heavy atom. The van der Waals surface area contributed by atoms with Crippen LogP contribution in [0.2, 0.25) is 5.02 Å². The van der Waals surface area contributed by atoms with Crippen LogP contribution in [0, 0.1) is 0 Å². The Balaban J connectivity index is 2.41. The zero-order chi connectivity index (χ0) is 9.71. The molecule has 2 heterocycles. The second-order valence-electron chi connectivity index (χ2n) is 3.70. The van der Waals surface area contributed by atoms with Gasteiger partial charge in [-0.1, -0.05) is 23.7 Å². The van der Waals surface area contributed by atoms with Gasteiger partial charge in [-0.3, -0.25) is 0 Å². The molecule has 0 fully saturated rings. The summed E-state index contributed by atoms with van der Waals surface area (Å²) in [5, 5.41) is 11.6. The Labute approximate surface area is 86.7 Å². The van der Waals surface area contributed by atoms with E-state index >= 15 is 0 Å². The third-order valence-corrected chi connectivity index (χ3v) is 3.18. The molecule has 0 radical (unpaired) electrons. The maximum absolute atomic E-state index is 9.71. The summed E-state index contributed by atoms with van der Waals surface area (Å²) < 4.78 is 2.11. The van der Waals surface area contributed by atoms with E-state index in [1.165, 1.54) is 0 Å². The van der Waals surface area contributed by atoms with Gasteiger partial charge in [0, 0.05) is 17.6 Å². The van der Waals surface area contributed by atoms with Crippen molar-refractivity contribution in [1.29, 1.82) is 0 Å². The average molecular weight is 208 g/mol. The smallest absolute Gasteiger partial charge is 0.0957 e. The molecule has 2 aromatic rings. The number of aliphatic hydroxyl groups excluding tert-OH is 1. The van der Waals surface area contributed by atoms with Gasteiger partial charge in [0.05, 0.1) is 16.6 Å². The molecule has 1 atom stereocenters. The maximum atomic E-state index is 9.71. The highest BCUT2D eigenvalue weighted by molar-refractivity contribution is 6.35. The highest BCUT2D eigenvalue weighted by Crippen LogP contribution is 2.35. The van der Waals surface area contributed by atoms with Crippen molar-refractivity contribution in [3.63, 3.8) is 0 Å². The van der Waals surface area contributed by atoms with Crippen molar-refractivity contribution in [3.8, 4) is 0 Å².